The maximum Gasteiger partial charge on any atom is 0.344 e. The van der Waals surface area contributed by atoms with Crippen molar-refractivity contribution in [3.05, 3.63) is 83.3 Å². The van der Waals surface area contributed by atoms with Gasteiger partial charge in [0.1, 0.15) is 17.1 Å². The maximum absolute atomic E-state index is 12.4. The fourth-order valence-electron chi connectivity index (χ4n) is 2.90. The number of ether oxygens (including phenoxy) is 2. The number of hydrogen-bond donors (Lipinski definition) is 1. The Hall–Kier alpha value is -3.91. The third-order valence-electron chi connectivity index (χ3n) is 4.31. The summed E-state index contributed by atoms with van der Waals surface area (Å²) in [7, 11) is 0. The van der Waals surface area contributed by atoms with Gasteiger partial charge in [0, 0.05) is 18.1 Å². The van der Waals surface area contributed by atoms with Crippen molar-refractivity contribution in [1.29, 1.82) is 0 Å². The standard InChI is InChI=1S/C22H17ClN4O4/c1-14-20(21-24-11-4-12-27(21)26-14)22(29)30-13-19(28)25-15-7-9-16(10-8-15)31-18-6-3-2-5-17(18)23/h2-12H,13H2,1H3,(H,25,28). The molecule has 0 saturated heterocycles. The van der Waals surface area contributed by atoms with Crippen molar-refractivity contribution in [3.63, 3.8) is 0 Å². The Morgan fingerprint density at radius 1 is 1.10 bits per heavy atom. The molecule has 2 aromatic carbocycles. The van der Waals surface area contributed by atoms with Gasteiger partial charge < -0.3 is 14.8 Å². The molecule has 0 bridgehead atoms. The van der Waals surface area contributed by atoms with Crippen molar-refractivity contribution in [2.45, 2.75) is 6.92 Å². The molecule has 9 heteroatoms. The van der Waals surface area contributed by atoms with E-state index in [1.54, 1.807) is 61.8 Å². The molecule has 0 unspecified atom stereocenters. The highest BCUT2D eigenvalue weighted by atomic mass is 35.5. The van der Waals surface area contributed by atoms with Gasteiger partial charge in [0.05, 0.1) is 10.7 Å². The fourth-order valence-corrected chi connectivity index (χ4v) is 3.07. The average Bonchev–Trinajstić information content (AvgIpc) is 3.11. The number of aromatic nitrogens is 3. The molecule has 1 N–H and O–H groups in total. The second-order valence-electron chi connectivity index (χ2n) is 6.53. The fraction of sp³-hybridized carbons (Fsp3) is 0.0909. The van der Waals surface area contributed by atoms with Crippen LogP contribution in [0.15, 0.2) is 67.0 Å². The molecule has 31 heavy (non-hydrogen) atoms. The lowest BCUT2D eigenvalue weighted by molar-refractivity contribution is -0.119. The van der Waals surface area contributed by atoms with E-state index >= 15 is 0 Å². The number of carbonyl (C=O) groups is 2. The van der Waals surface area contributed by atoms with Gasteiger partial charge in [-0.15, -0.1) is 0 Å². The van der Waals surface area contributed by atoms with Gasteiger partial charge in [-0.25, -0.2) is 14.3 Å². The molecule has 0 atom stereocenters. The Bertz CT molecular complexity index is 1250. The number of nitrogens with zero attached hydrogens (tertiary/aromatic N) is 3. The minimum atomic E-state index is -0.662. The summed E-state index contributed by atoms with van der Waals surface area (Å²) in [6.07, 6.45) is 3.23. The Balaban J connectivity index is 1.34. The summed E-state index contributed by atoms with van der Waals surface area (Å²) in [5.74, 6) is -0.0426. The number of amides is 1. The van der Waals surface area contributed by atoms with Crippen LogP contribution in [-0.4, -0.2) is 33.1 Å². The molecule has 2 aromatic heterocycles. The van der Waals surface area contributed by atoms with Crippen molar-refractivity contribution in [2.24, 2.45) is 0 Å². The van der Waals surface area contributed by atoms with Crippen LogP contribution in [0.2, 0.25) is 5.02 Å². The number of esters is 1. The second-order valence-corrected chi connectivity index (χ2v) is 6.94. The van der Waals surface area contributed by atoms with E-state index in [0.717, 1.165) is 0 Å². The molecule has 0 radical (unpaired) electrons. The van der Waals surface area contributed by atoms with Crippen LogP contribution in [0, 0.1) is 6.92 Å². The molecule has 0 fully saturated rings. The summed E-state index contributed by atoms with van der Waals surface area (Å²) in [6.45, 7) is 1.23. The molecule has 0 aliphatic rings. The zero-order chi connectivity index (χ0) is 21.8. The lowest BCUT2D eigenvalue weighted by Crippen LogP contribution is -2.21. The average molecular weight is 437 g/mol. The number of para-hydroxylation sites is 1. The van der Waals surface area contributed by atoms with Crippen LogP contribution in [0.4, 0.5) is 5.69 Å². The number of halogens is 1. The van der Waals surface area contributed by atoms with E-state index in [9.17, 15) is 9.59 Å². The predicted molar refractivity (Wildman–Crippen MR) is 115 cm³/mol. The zero-order valence-electron chi connectivity index (χ0n) is 16.4. The summed E-state index contributed by atoms with van der Waals surface area (Å²) in [4.78, 5) is 28.7. The van der Waals surface area contributed by atoms with Crippen LogP contribution < -0.4 is 10.1 Å². The van der Waals surface area contributed by atoms with Gasteiger partial charge in [0.2, 0.25) is 0 Å². The highest BCUT2D eigenvalue weighted by molar-refractivity contribution is 6.32. The molecule has 4 aromatic rings. The van der Waals surface area contributed by atoms with Crippen LogP contribution in [0.1, 0.15) is 16.1 Å². The van der Waals surface area contributed by atoms with Crippen molar-refractivity contribution in [2.75, 3.05) is 11.9 Å². The molecule has 1 amide bonds. The number of carbonyl (C=O) groups excluding carboxylic acids is 2. The smallest absolute Gasteiger partial charge is 0.344 e. The number of aryl methyl sites for hydroxylation is 1. The molecule has 0 aliphatic carbocycles. The normalized spacial score (nSPS) is 10.6. The van der Waals surface area contributed by atoms with Gasteiger partial charge in [-0.05, 0) is 49.4 Å². The van der Waals surface area contributed by atoms with Crippen molar-refractivity contribution >= 4 is 34.8 Å². The third-order valence-corrected chi connectivity index (χ3v) is 4.62. The first kappa shape index (κ1) is 20.4. The van der Waals surface area contributed by atoms with Crippen LogP contribution in [-0.2, 0) is 9.53 Å². The topological polar surface area (TPSA) is 94.8 Å². The van der Waals surface area contributed by atoms with Gasteiger partial charge in [0.15, 0.2) is 12.3 Å². The molecule has 156 valence electrons. The number of rotatable bonds is 6. The van der Waals surface area contributed by atoms with E-state index in [0.29, 0.717) is 33.6 Å². The minimum absolute atomic E-state index is 0.231. The summed E-state index contributed by atoms with van der Waals surface area (Å²) < 4.78 is 12.3. The second kappa shape index (κ2) is 8.85. The SMILES string of the molecule is Cc1nn2cccnc2c1C(=O)OCC(=O)Nc1ccc(Oc2ccccc2Cl)cc1. The lowest BCUT2D eigenvalue weighted by Gasteiger charge is -2.09. The predicted octanol–water partition coefficient (Wildman–Crippen LogP) is 4.28. The van der Waals surface area contributed by atoms with E-state index in [4.69, 9.17) is 21.1 Å². The highest BCUT2D eigenvalue weighted by Crippen LogP contribution is 2.29. The minimum Gasteiger partial charge on any atom is -0.456 e. The van der Waals surface area contributed by atoms with Crippen LogP contribution in [0.25, 0.3) is 5.65 Å². The number of nitrogens with one attached hydrogen (secondary N) is 1. The number of hydrogen-bond acceptors (Lipinski definition) is 6. The Kier molecular flexibility index (Phi) is 5.81. The summed E-state index contributed by atoms with van der Waals surface area (Å²) in [6, 6.07) is 15.6. The number of fused-ring (bicyclic) bond motifs is 1. The van der Waals surface area contributed by atoms with E-state index in [2.05, 4.69) is 15.4 Å². The van der Waals surface area contributed by atoms with Gasteiger partial charge in [0.25, 0.3) is 5.91 Å². The summed E-state index contributed by atoms with van der Waals surface area (Å²) in [5.41, 5.74) is 1.61. The first-order valence-electron chi connectivity index (χ1n) is 9.30. The van der Waals surface area contributed by atoms with Crippen LogP contribution in [0.5, 0.6) is 11.5 Å². The van der Waals surface area contributed by atoms with Gasteiger partial charge in [-0.3, -0.25) is 4.79 Å². The molecular formula is C22H17ClN4O4. The summed E-state index contributed by atoms with van der Waals surface area (Å²) >= 11 is 6.08. The molecule has 0 aliphatic heterocycles. The number of benzene rings is 2. The molecule has 0 spiro atoms. The van der Waals surface area contributed by atoms with E-state index in [-0.39, 0.29) is 5.56 Å². The first-order valence-corrected chi connectivity index (χ1v) is 9.68. The monoisotopic (exact) mass is 436 g/mol. The molecular weight excluding hydrogens is 420 g/mol. The van der Waals surface area contributed by atoms with Crippen molar-refractivity contribution in [1.82, 2.24) is 14.6 Å². The quantitative estimate of drug-likeness (QED) is 0.453. The van der Waals surface area contributed by atoms with Crippen molar-refractivity contribution < 1.29 is 19.1 Å². The first-order chi connectivity index (χ1) is 15.0. The lowest BCUT2D eigenvalue weighted by atomic mass is 10.2. The Morgan fingerprint density at radius 3 is 2.65 bits per heavy atom. The Morgan fingerprint density at radius 2 is 1.87 bits per heavy atom. The molecule has 0 saturated carbocycles. The molecule has 4 rings (SSSR count). The maximum atomic E-state index is 12.4. The third kappa shape index (κ3) is 4.65. The largest absolute Gasteiger partial charge is 0.456 e. The van der Waals surface area contributed by atoms with Gasteiger partial charge in [-0.1, -0.05) is 23.7 Å². The molecule has 2 heterocycles. The van der Waals surface area contributed by atoms with E-state index in [1.807, 2.05) is 12.1 Å². The van der Waals surface area contributed by atoms with Gasteiger partial charge in [-0.2, -0.15) is 5.10 Å². The van der Waals surface area contributed by atoms with E-state index < -0.39 is 18.5 Å². The summed E-state index contributed by atoms with van der Waals surface area (Å²) in [5, 5.41) is 7.37. The highest BCUT2D eigenvalue weighted by Gasteiger charge is 2.20. The van der Waals surface area contributed by atoms with Gasteiger partial charge >= 0.3 is 5.97 Å². The van der Waals surface area contributed by atoms with Crippen LogP contribution >= 0.6 is 11.6 Å². The van der Waals surface area contributed by atoms with Crippen LogP contribution in [0.3, 0.4) is 0 Å². The molecule has 8 nitrogen and oxygen atoms in total. The number of anilines is 1. The zero-order valence-corrected chi connectivity index (χ0v) is 17.2. The van der Waals surface area contributed by atoms with Crippen molar-refractivity contribution in [3.8, 4) is 11.5 Å². The van der Waals surface area contributed by atoms with E-state index in [1.165, 1.54) is 4.52 Å². The Labute approximate surface area is 182 Å².